The number of amides is 1. The van der Waals surface area contributed by atoms with Crippen molar-refractivity contribution in [2.75, 3.05) is 13.1 Å². The Morgan fingerprint density at radius 1 is 1.26 bits per heavy atom. The van der Waals surface area contributed by atoms with E-state index in [1.54, 1.807) is 0 Å². The average molecular weight is 272 g/mol. The Morgan fingerprint density at radius 2 is 2.00 bits per heavy atom. The summed E-state index contributed by atoms with van der Waals surface area (Å²) in [5, 5.41) is 5.76. The zero-order chi connectivity index (χ0) is 14.0. The average Bonchev–Trinajstić information content (AvgIpc) is 2.36. The largest absolute Gasteiger partial charge is 0.348 e. The summed E-state index contributed by atoms with van der Waals surface area (Å²) in [5.74, 6) is -4.70. The monoisotopic (exact) mass is 272 g/mol. The molecular formula is C13H15F3N2O. The van der Waals surface area contributed by atoms with E-state index in [1.807, 2.05) is 6.92 Å². The summed E-state index contributed by atoms with van der Waals surface area (Å²) in [4.78, 5) is 11.8. The minimum atomic E-state index is -1.62. The maximum absolute atomic E-state index is 13.5. The molecule has 19 heavy (non-hydrogen) atoms. The molecule has 0 spiro atoms. The van der Waals surface area contributed by atoms with Gasteiger partial charge in [-0.25, -0.2) is 13.2 Å². The number of carbonyl (C=O) groups excluding carboxylic acids is 1. The summed E-state index contributed by atoms with van der Waals surface area (Å²) < 4.78 is 39.3. The van der Waals surface area contributed by atoms with E-state index in [0.717, 1.165) is 25.1 Å². The number of rotatable bonds is 2. The van der Waals surface area contributed by atoms with Crippen LogP contribution in [0.4, 0.5) is 13.2 Å². The lowest BCUT2D eigenvalue weighted by Crippen LogP contribution is -2.48. The standard InChI is InChI=1S/C13H15F3N2O/c1-7-4-8(6-17-5-7)18-13(19)9-2-3-10(14)12(16)11(9)15/h2-3,7-8,17H,4-6H2,1H3,(H,18,19). The molecule has 0 radical (unpaired) electrons. The summed E-state index contributed by atoms with van der Waals surface area (Å²) in [5.41, 5.74) is -0.475. The quantitative estimate of drug-likeness (QED) is 0.806. The third-order valence-electron chi connectivity index (χ3n) is 3.19. The lowest BCUT2D eigenvalue weighted by atomic mass is 9.97. The molecule has 2 unspecified atom stereocenters. The van der Waals surface area contributed by atoms with Gasteiger partial charge in [-0.2, -0.15) is 0 Å². The maximum atomic E-state index is 13.5. The molecule has 1 heterocycles. The van der Waals surface area contributed by atoms with Crippen molar-refractivity contribution in [2.45, 2.75) is 19.4 Å². The Hall–Kier alpha value is -1.56. The number of benzene rings is 1. The summed E-state index contributed by atoms with van der Waals surface area (Å²) in [6.45, 7) is 3.48. The molecule has 1 fully saturated rings. The summed E-state index contributed by atoms with van der Waals surface area (Å²) in [6.07, 6.45) is 0.768. The second-order valence-corrected chi connectivity index (χ2v) is 4.89. The normalized spacial score (nSPS) is 23.2. The Morgan fingerprint density at radius 3 is 2.68 bits per heavy atom. The van der Waals surface area contributed by atoms with E-state index < -0.39 is 28.9 Å². The van der Waals surface area contributed by atoms with Crippen molar-refractivity contribution in [3.8, 4) is 0 Å². The third kappa shape index (κ3) is 3.07. The summed E-state index contributed by atoms with van der Waals surface area (Å²) in [7, 11) is 0. The SMILES string of the molecule is CC1CNCC(NC(=O)c2ccc(F)c(F)c2F)C1. The molecule has 0 saturated carbocycles. The fourth-order valence-corrected chi connectivity index (χ4v) is 2.23. The first-order valence-electron chi connectivity index (χ1n) is 6.14. The van der Waals surface area contributed by atoms with Crippen molar-refractivity contribution < 1.29 is 18.0 Å². The highest BCUT2D eigenvalue weighted by molar-refractivity contribution is 5.94. The van der Waals surface area contributed by atoms with Crippen LogP contribution in [0, 0.1) is 23.4 Å². The Balaban J connectivity index is 2.10. The van der Waals surface area contributed by atoms with Gasteiger partial charge in [-0.05, 0) is 31.0 Å². The van der Waals surface area contributed by atoms with Crippen molar-refractivity contribution >= 4 is 5.91 Å². The molecule has 104 valence electrons. The van der Waals surface area contributed by atoms with E-state index in [0.29, 0.717) is 12.5 Å². The smallest absolute Gasteiger partial charge is 0.254 e. The van der Waals surface area contributed by atoms with E-state index in [9.17, 15) is 18.0 Å². The van der Waals surface area contributed by atoms with Crippen LogP contribution in [-0.2, 0) is 0 Å². The van der Waals surface area contributed by atoms with Crippen LogP contribution in [0.2, 0.25) is 0 Å². The zero-order valence-corrected chi connectivity index (χ0v) is 10.5. The van der Waals surface area contributed by atoms with Crippen LogP contribution in [0.25, 0.3) is 0 Å². The van der Waals surface area contributed by atoms with Crippen molar-refractivity contribution in [3.63, 3.8) is 0 Å². The fraction of sp³-hybridized carbons (Fsp3) is 0.462. The molecule has 2 N–H and O–H groups in total. The van der Waals surface area contributed by atoms with Gasteiger partial charge in [0.15, 0.2) is 17.5 Å². The molecular weight excluding hydrogens is 257 g/mol. The van der Waals surface area contributed by atoms with E-state index in [-0.39, 0.29) is 6.04 Å². The van der Waals surface area contributed by atoms with Crippen LogP contribution in [0.3, 0.4) is 0 Å². The number of piperidine rings is 1. The minimum Gasteiger partial charge on any atom is -0.348 e. The first kappa shape index (κ1) is 13.9. The first-order chi connectivity index (χ1) is 8.99. The van der Waals surface area contributed by atoms with Crippen LogP contribution in [-0.4, -0.2) is 25.0 Å². The molecule has 1 aliphatic rings. The van der Waals surface area contributed by atoms with Crippen LogP contribution < -0.4 is 10.6 Å². The highest BCUT2D eigenvalue weighted by Crippen LogP contribution is 2.16. The van der Waals surface area contributed by atoms with Gasteiger partial charge >= 0.3 is 0 Å². The third-order valence-corrected chi connectivity index (χ3v) is 3.19. The summed E-state index contributed by atoms with van der Waals surface area (Å²) >= 11 is 0. The van der Waals surface area contributed by atoms with Crippen LogP contribution in [0.5, 0.6) is 0 Å². The maximum Gasteiger partial charge on any atom is 0.254 e. The van der Waals surface area contributed by atoms with Crippen molar-refractivity contribution in [3.05, 3.63) is 35.1 Å². The Bertz CT molecular complexity index is 493. The van der Waals surface area contributed by atoms with Gasteiger partial charge in [0.25, 0.3) is 5.91 Å². The molecule has 2 rings (SSSR count). The van der Waals surface area contributed by atoms with Gasteiger partial charge < -0.3 is 10.6 Å². The van der Waals surface area contributed by atoms with Crippen molar-refractivity contribution in [2.24, 2.45) is 5.92 Å². The predicted molar refractivity (Wildman–Crippen MR) is 64.2 cm³/mol. The van der Waals surface area contributed by atoms with Gasteiger partial charge in [-0.15, -0.1) is 0 Å². The predicted octanol–water partition coefficient (Wildman–Crippen LogP) is 1.83. The number of hydrogen-bond acceptors (Lipinski definition) is 2. The molecule has 1 aliphatic heterocycles. The molecule has 1 aromatic carbocycles. The summed E-state index contributed by atoms with van der Waals surface area (Å²) in [6, 6.07) is 1.56. The highest BCUT2D eigenvalue weighted by Gasteiger charge is 2.23. The van der Waals surface area contributed by atoms with Crippen molar-refractivity contribution in [1.82, 2.24) is 10.6 Å². The fourth-order valence-electron chi connectivity index (χ4n) is 2.23. The van der Waals surface area contributed by atoms with Gasteiger partial charge in [0, 0.05) is 12.6 Å². The molecule has 3 nitrogen and oxygen atoms in total. The van der Waals surface area contributed by atoms with E-state index in [4.69, 9.17) is 0 Å². The molecule has 0 bridgehead atoms. The van der Waals surface area contributed by atoms with Gasteiger partial charge in [0.1, 0.15) is 0 Å². The van der Waals surface area contributed by atoms with Crippen LogP contribution in [0.1, 0.15) is 23.7 Å². The minimum absolute atomic E-state index is 0.135. The van der Waals surface area contributed by atoms with Gasteiger partial charge in [-0.1, -0.05) is 6.92 Å². The number of halogens is 3. The molecule has 0 aromatic heterocycles. The van der Waals surface area contributed by atoms with Crippen molar-refractivity contribution in [1.29, 1.82) is 0 Å². The lowest BCUT2D eigenvalue weighted by molar-refractivity contribution is 0.0920. The highest BCUT2D eigenvalue weighted by atomic mass is 19.2. The molecule has 1 saturated heterocycles. The Kier molecular flexibility index (Phi) is 4.09. The topological polar surface area (TPSA) is 41.1 Å². The molecule has 1 amide bonds. The van der Waals surface area contributed by atoms with Gasteiger partial charge in [-0.3, -0.25) is 4.79 Å². The molecule has 0 aliphatic carbocycles. The first-order valence-corrected chi connectivity index (χ1v) is 6.14. The Labute approximate surface area is 109 Å². The van der Waals surface area contributed by atoms with Crippen LogP contribution >= 0.6 is 0 Å². The van der Waals surface area contributed by atoms with Gasteiger partial charge in [0.05, 0.1) is 5.56 Å². The molecule has 2 atom stereocenters. The van der Waals surface area contributed by atoms with E-state index in [1.165, 1.54) is 0 Å². The zero-order valence-electron chi connectivity index (χ0n) is 10.5. The van der Waals surface area contributed by atoms with E-state index >= 15 is 0 Å². The van der Waals surface area contributed by atoms with Crippen LogP contribution in [0.15, 0.2) is 12.1 Å². The lowest BCUT2D eigenvalue weighted by Gasteiger charge is -2.28. The number of nitrogens with one attached hydrogen (secondary N) is 2. The van der Waals surface area contributed by atoms with E-state index in [2.05, 4.69) is 10.6 Å². The second kappa shape index (κ2) is 5.61. The number of carbonyl (C=O) groups is 1. The molecule has 6 heteroatoms. The van der Waals surface area contributed by atoms with Gasteiger partial charge in [0.2, 0.25) is 0 Å². The number of hydrogen-bond donors (Lipinski definition) is 2. The molecule has 1 aromatic rings. The second-order valence-electron chi connectivity index (χ2n) is 4.89.